The van der Waals surface area contributed by atoms with E-state index in [4.69, 9.17) is 4.74 Å². The van der Waals surface area contributed by atoms with Gasteiger partial charge in [-0.15, -0.1) is 5.10 Å². The lowest BCUT2D eigenvalue weighted by Gasteiger charge is -2.33. The number of aromatic nitrogens is 3. The van der Waals surface area contributed by atoms with E-state index >= 15 is 0 Å². The number of rotatable bonds is 5. The number of aromatic amines is 1. The second-order valence-corrected chi connectivity index (χ2v) is 7.56. The van der Waals surface area contributed by atoms with Gasteiger partial charge in [0.2, 0.25) is 0 Å². The normalized spacial score (nSPS) is 14.9. The molecule has 0 saturated carbocycles. The van der Waals surface area contributed by atoms with Crippen LogP contribution >= 0.6 is 0 Å². The zero-order valence-electron chi connectivity index (χ0n) is 17.3. The molecule has 150 valence electrons. The van der Waals surface area contributed by atoms with Crippen molar-refractivity contribution in [1.82, 2.24) is 15.2 Å². The van der Waals surface area contributed by atoms with E-state index in [9.17, 15) is 5.26 Å². The Morgan fingerprint density at radius 2 is 2.00 bits per heavy atom. The molecule has 1 aliphatic rings. The largest absolute Gasteiger partial charge is 0.497 e. The fourth-order valence-corrected chi connectivity index (χ4v) is 4.49. The molecule has 1 aliphatic heterocycles. The summed E-state index contributed by atoms with van der Waals surface area (Å²) in [6, 6.07) is 8.57. The summed E-state index contributed by atoms with van der Waals surface area (Å²) in [5.74, 6) is 2.11. The standard InChI is InChI=1S/C23H27N5O/c1-4-17-19(13-24)23(27-26-21(17)5-2)28-10-8-15(9-11-28)20-14-25-22-7-6-16(29-3)12-18(20)22/h6-7,12,14-15,25H,4-5,8-11H2,1-3H3. The third-order valence-electron chi connectivity index (χ3n) is 6.09. The number of fused-ring (bicyclic) bond motifs is 1. The fraction of sp³-hybridized carbons (Fsp3) is 0.435. The molecule has 1 aromatic carbocycles. The first kappa shape index (κ1) is 19.3. The first-order chi connectivity index (χ1) is 14.2. The van der Waals surface area contributed by atoms with Gasteiger partial charge in [0, 0.05) is 30.2 Å². The van der Waals surface area contributed by atoms with Crippen LogP contribution in [0.15, 0.2) is 24.4 Å². The van der Waals surface area contributed by atoms with Gasteiger partial charge in [-0.2, -0.15) is 10.4 Å². The van der Waals surface area contributed by atoms with Crippen LogP contribution in [0.25, 0.3) is 10.9 Å². The molecule has 6 heteroatoms. The average Bonchev–Trinajstić information content (AvgIpc) is 3.21. The molecule has 0 radical (unpaired) electrons. The molecular weight excluding hydrogens is 362 g/mol. The highest BCUT2D eigenvalue weighted by Gasteiger charge is 2.26. The zero-order valence-corrected chi connectivity index (χ0v) is 17.3. The Bertz CT molecular complexity index is 1060. The van der Waals surface area contributed by atoms with Crippen LogP contribution in [0.2, 0.25) is 0 Å². The number of nitrogens with one attached hydrogen (secondary N) is 1. The molecule has 0 unspecified atom stereocenters. The Hall–Kier alpha value is -3.07. The number of benzene rings is 1. The predicted molar refractivity (Wildman–Crippen MR) is 115 cm³/mol. The summed E-state index contributed by atoms with van der Waals surface area (Å²) in [7, 11) is 1.70. The van der Waals surface area contributed by atoms with Crippen LogP contribution in [0.1, 0.15) is 55.0 Å². The first-order valence-electron chi connectivity index (χ1n) is 10.4. The number of hydrogen-bond donors (Lipinski definition) is 1. The second kappa shape index (κ2) is 8.12. The third kappa shape index (κ3) is 3.42. The fourth-order valence-electron chi connectivity index (χ4n) is 4.49. The molecule has 0 spiro atoms. The Labute approximate surface area is 171 Å². The van der Waals surface area contributed by atoms with Crippen LogP contribution in [0.4, 0.5) is 5.82 Å². The summed E-state index contributed by atoms with van der Waals surface area (Å²) in [4.78, 5) is 5.62. The van der Waals surface area contributed by atoms with E-state index in [1.165, 1.54) is 10.9 Å². The molecule has 1 fully saturated rings. The zero-order chi connectivity index (χ0) is 20.4. The molecule has 0 amide bonds. The maximum absolute atomic E-state index is 9.79. The highest BCUT2D eigenvalue weighted by Crippen LogP contribution is 2.36. The minimum atomic E-state index is 0.478. The molecule has 0 aliphatic carbocycles. The van der Waals surface area contributed by atoms with Crippen molar-refractivity contribution >= 4 is 16.7 Å². The van der Waals surface area contributed by atoms with E-state index in [2.05, 4.69) is 58.3 Å². The number of nitrogens with zero attached hydrogens (tertiary/aromatic N) is 4. The molecule has 0 atom stereocenters. The van der Waals surface area contributed by atoms with E-state index in [0.717, 1.165) is 67.1 Å². The number of methoxy groups -OCH3 is 1. The Balaban J connectivity index is 1.57. The lowest BCUT2D eigenvalue weighted by atomic mass is 9.89. The van der Waals surface area contributed by atoms with E-state index in [1.54, 1.807) is 7.11 Å². The molecular formula is C23H27N5O. The second-order valence-electron chi connectivity index (χ2n) is 7.56. The maximum atomic E-state index is 9.79. The van der Waals surface area contributed by atoms with Gasteiger partial charge in [0.05, 0.1) is 12.8 Å². The Morgan fingerprint density at radius 3 is 2.66 bits per heavy atom. The van der Waals surface area contributed by atoms with Crippen molar-refractivity contribution in [2.75, 3.05) is 25.1 Å². The van der Waals surface area contributed by atoms with Crippen LogP contribution in [-0.2, 0) is 12.8 Å². The highest BCUT2D eigenvalue weighted by atomic mass is 16.5. The SMILES string of the molecule is CCc1nnc(N2CCC(c3c[nH]c4ccc(OC)cc34)CC2)c(C#N)c1CC. The predicted octanol–water partition coefficient (Wildman–Crippen LogP) is 4.35. The van der Waals surface area contributed by atoms with Crippen molar-refractivity contribution in [2.24, 2.45) is 0 Å². The number of aryl methyl sites for hydroxylation is 1. The summed E-state index contributed by atoms with van der Waals surface area (Å²) in [6.07, 6.45) is 5.79. The van der Waals surface area contributed by atoms with Crippen molar-refractivity contribution in [3.8, 4) is 11.8 Å². The van der Waals surface area contributed by atoms with E-state index in [0.29, 0.717) is 11.5 Å². The van der Waals surface area contributed by atoms with Crippen molar-refractivity contribution in [3.05, 3.63) is 46.8 Å². The van der Waals surface area contributed by atoms with Gasteiger partial charge in [-0.1, -0.05) is 13.8 Å². The summed E-state index contributed by atoms with van der Waals surface area (Å²) < 4.78 is 5.41. The number of H-pyrrole nitrogens is 1. The quantitative estimate of drug-likeness (QED) is 0.702. The smallest absolute Gasteiger partial charge is 0.169 e. The van der Waals surface area contributed by atoms with E-state index in [-0.39, 0.29) is 0 Å². The summed E-state index contributed by atoms with van der Waals surface area (Å²) in [5.41, 5.74) is 5.18. The maximum Gasteiger partial charge on any atom is 0.169 e. The number of anilines is 1. The Kier molecular flexibility index (Phi) is 5.39. The first-order valence-corrected chi connectivity index (χ1v) is 10.4. The van der Waals surface area contributed by atoms with Crippen LogP contribution < -0.4 is 9.64 Å². The molecule has 3 aromatic rings. The van der Waals surface area contributed by atoms with Crippen molar-refractivity contribution in [1.29, 1.82) is 5.26 Å². The minimum Gasteiger partial charge on any atom is -0.497 e. The molecule has 1 N–H and O–H groups in total. The lowest BCUT2D eigenvalue weighted by molar-refractivity contribution is 0.415. The van der Waals surface area contributed by atoms with Gasteiger partial charge >= 0.3 is 0 Å². The molecule has 0 bridgehead atoms. The van der Waals surface area contributed by atoms with Crippen LogP contribution in [-0.4, -0.2) is 35.4 Å². The lowest BCUT2D eigenvalue weighted by Crippen LogP contribution is -2.34. The van der Waals surface area contributed by atoms with Crippen molar-refractivity contribution < 1.29 is 4.74 Å². The van der Waals surface area contributed by atoms with Crippen LogP contribution in [0.3, 0.4) is 0 Å². The van der Waals surface area contributed by atoms with E-state index < -0.39 is 0 Å². The van der Waals surface area contributed by atoms with Gasteiger partial charge in [0.1, 0.15) is 17.4 Å². The van der Waals surface area contributed by atoms with Gasteiger partial charge in [-0.05, 0) is 60.9 Å². The van der Waals surface area contributed by atoms with Crippen LogP contribution in [0, 0.1) is 11.3 Å². The number of hydrogen-bond acceptors (Lipinski definition) is 5. The highest BCUT2D eigenvalue weighted by molar-refractivity contribution is 5.85. The average molecular weight is 390 g/mol. The molecule has 1 saturated heterocycles. The van der Waals surface area contributed by atoms with Gasteiger partial charge in [-0.25, -0.2) is 0 Å². The summed E-state index contributed by atoms with van der Waals surface area (Å²) in [5, 5.41) is 19.9. The molecule has 4 rings (SSSR count). The van der Waals surface area contributed by atoms with Gasteiger partial charge in [-0.3, -0.25) is 0 Å². The summed E-state index contributed by atoms with van der Waals surface area (Å²) in [6.45, 7) is 5.89. The molecule has 2 aromatic heterocycles. The molecule has 29 heavy (non-hydrogen) atoms. The van der Waals surface area contributed by atoms with Gasteiger partial charge < -0.3 is 14.6 Å². The van der Waals surface area contributed by atoms with Crippen molar-refractivity contribution in [3.63, 3.8) is 0 Å². The van der Waals surface area contributed by atoms with Gasteiger partial charge in [0.15, 0.2) is 5.82 Å². The Morgan fingerprint density at radius 1 is 1.21 bits per heavy atom. The summed E-state index contributed by atoms with van der Waals surface area (Å²) >= 11 is 0. The monoisotopic (exact) mass is 389 g/mol. The van der Waals surface area contributed by atoms with Crippen LogP contribution in [0.5, 0.6) is 5.75 Å². The topological polar surface area (TPSA) is 77.8 Å². The van der Waals surface area contributed by atoms with Crippen molar-refractivity contribution in [2.45, 2.75) is 45.4 Å². The third-order valence-corrected chi connectivity index (χ3v) is 6.09. The minimum absolute atomic E-state index is 0.478. The van der Waals surface area contributed by atoms with E-state index in [1.807, 2.05) is 6.07 Å². The number of nitriles is 1. The number of piperidine rings is 1. The number of ether oxygens (including phenoxy) is 1. The molecule has 6 nitrogen and oxygen atoms in total. The van der Waals surface area contributed by atoms with Gasteiger partial charge in [0.25, 0.3) is 0 Å². The molecule has 3 heterocycles.